The maximum atomic E-state index is 12.1. The number of carbonyl (C=O) groups is 2. The molecule has 0 aliphatic heterocycles. The third kappa shape index (κ3) is 5.39. The summed E-state index contributed by atoms with van der Waals surface area (Å²) in [7, 11) is 3.05. The van der Waals surface area contributed by atoms with Crippen molar-refractivity contribution in [1.82, 2.24) is 0 Å². The summed E-state index contributed by atoms with van der Waals surface area (Å²) < 4.78 is 15.5. The molecule has 2 rings (SSSR count). The summed E-state index contributed by atoms with van der Waals surface area (Å²) in [6.07, 6.45) is -0.919. The Bertz CT molecular complexity index is 776. The molecule has 0 unspecified atom stereocenters. The molecule has 1 N–H and O–H groups in total. The molecule has 2 aromatic carbocycles. The van der Waals surface area contributed by atoms with E-state index in [2.05, 4.69) is 5.32 Å². The maximum absolute atomic E-state index is 12.1. The second-order valence-corrected chi connectivity index (χ2v) is 5.93. The van der Waals surface area contributed by atoms with Crippen LogP contribution in [-0.2, 0) is 20.7 Å². The number of hydrogen-bond donors (Lipinski definition) is 1. The van der Waals surface area contributed by atoms with Crippen molar-refractivity contribution in [2.45, 2.75) is 19.4 Å². The standard InChI is InChI=1S/C19H20ClNO5/c1-12(19(23)21-15-7-5-14(20)6-8-15)26-18(22)11-13-4-9-16(24-2)17(10-13)25-3/h4-10,12H,11H2,1-3H3,(H,21,23)/t12-/m0/s1. The van der Waals surface area contributed by atoms with E-state index < -0.39 is 18.0 Å². The van der Waals surface area contributed by atoms with Crippen molar-refractivity contribution >= 4 is 29.2 Å². The van der Waals surface area contributed by atoms with Gasteiger partial charge in [-0.1, -0.05) is 17.7 Å². The van der Waals surface area contributed by atoms with Crippen molar-refractivity contribution in [3.05, 3.63) is 53.1 Å². The first-order chi connectivity index (χ1) is 12.4. The van der Waals surface area contributed by atoms with Crippen LogP contribution in [0.1, 0.15) is 12.5 Å². The highest BCUT2D eigenvalue weighted by Crippen LogP contribution is 2.27. The Kier molecular flexibility index (Phi) is 6.86. The molecule has 0 spiro atoms. The number of carbonyl (C=O) groups excluding carboxylic acids is 2. The number of ether oxygens (including phenoxy) is 3. The maximum Gasteiger partial charge on any atom is 0.311 e. The molecule has 0 saturated carbocycles. The topological polar surface area (TPSA) is 73.9 Å². The van der Waals surface area contributed by atoms with Gasteiger partial charge in [0.2, 0.25) is 0 Å². The minimum Gasteiger partial charge on any atom is -0.493 e. The number of esters is 1. The minimum atomic E-state index is -0.932. The van der Waals surface area contributed by atoms with Gasteiger partial charge in [-0.25, -0.2) is 0 Å². The van der Waals surface area contributed by atoms with Gasteiger partial charge < -0.3 is 19.5 Å². The van der Waals surface area contributed by atoms with Crippen molar-refractivity contribution < 1.29 is 23.8 Å². The van der Waals surface area contributed by atoms with Crippen LogP contribution in [0.2, 0.25) is 5.02 Å². The number of anilines is 1. The zero-order valence-electron chi connectivity index (χ0n) is 14.7. The lowest BCUT2D eigenvalue weighted by Crippen LogP contribution is -2.30. The molecule has 6 nitrogen and oxygen atoms in total. The smallest absolute Gasteiger partial charge is 0.311 e. The Hall–Kier alpha value is -2.73. The SMILES string of the molecule is COc1ccc(CC(=O)O[C@@H](C)C(=O)Nc2ccc(Cl)cc2)cc1OC. The minimum absolute atomic E-state index is 0.0128. The van der Waals surface area contributed by atoms with Gasteiger partial charge in [0.1, 0.15) is 0 Å². The first-order valence-electron chi connectivity index (χ1n) is 7.89. The number of hydrogen-bond acceptors (Lipinski definition) is 5. The van der Waals surface area contributed by atoms with Gasteiger partial charge in [-0.15, -0.1) is 0 Å². The molecular weight excluding hydrogens is 358 g/mol. The van der Waals surface area contributed by atoms with E-state index in [1.54, 1.807) is 42.5 Å². The lowest BCUT2D eigenvalue weighted by Gasteiger charge is -2.14. The second kappa shape index (κ2) is 9.10. The molecule has 0 radical (unpaired) electrons. The van der Waals surface area contributed by atoms with Crippen LogP contribution in [0.15, 0.2) is 42.5 Å². The van der Waals surface area contributed by atoms with Crippen molar-refractivity contribution in [2.24, 2.45) is 0 Å². The zero-order chi connectivity index (χ0) is 19.1. The molecule has 7 heteroatoms. The van der Waals surface area contributed by atoms with Crippen molar-refractivity contribution in [2.75, 3.05) is 19.5 Å². The average Bonchev–Trinajstić information content (AvgIpc) is 2.63. The fourth-order valence-corrected chi connectivity index (χ4v) is 2.35. The molecule has 138 valence electrons. The first kappa shape index (κ1) is 19.6. The molecule has 0 fully saturated rings. The summed E-state index contributed by atoms with van der Waals surface area (Å²) in [6, 6.07) is 11.8. The van der Waals surface area contributed by atoms with E-state index >= 15 is 0 Å². The van der Waals surface area contributed by atoms with Gasteiger partial charge in [0.25, 0.3) is 5.91 Å². The lowest BCUT2D eigenvalue weighted by molar-refractivity contribution is -0.152. The van der Waals surface area contributed by atoms with Crippen LogP contribution in [0.3, 0.4) is 0 Å². The van der Waals surface area contributed by atoms with E-state index in [1.807, 2.05) is 0 Å². The van der Waals surface area contributed by atoms with Crippen molar-refractivity contribution in [3.8, 4) is 11.5 Å². The van der Waals surface area contributed by atoms with E-state index in [0.717, 1.165) is 0 Å². The van der Waals surface area contributed by atoms with Crippen LogP contribution in [0.5, 0.6) is 11.5 Å². The largest absolute Gasteiger partial charge is 0.493 e. The van der Waals surface area contributed by atoms with Crippen LogP contribution in [-0.4, -0.2) is 32.2 Å². The quantitative estimate of drug-likeness (QED) is 0.748. The van der Waals surface area contributed by atoms with E-state index in [-0.39, 0.29) is 6.42 Å². The highest BCUT2D eigenvalue weighted by Gasteiger charge is 2.18. The number of methoxy groups -OCH3 is 2. The molecule has 0 aliphatic rings. The van der Waals surface area contributed by atoms with Crippen molar-refractivity contribution in [3.63, 3.8) is 0 Å². The number of amides is 1. The average molecular weight is 378 g/mol. The predicted molar refractivity (Wildman–Crippen MR) is 98.9 cm³/mol. The molecule has 2 aromatic rings. The van der Waals surface area contributed by atoms with Crippen LogP contribution in [0.25, 0.3) is 0 Å². The van der Waals surface area contributed by atoms with Crippen molar-refractivity contribution in [1.29, 1.82) is 0 Å². The van der Waals surface area contributed by atoms with Gasteiger partial charge in [0.15, 0.2) is 17.6 Å². The number of nitrogens with one attached hydrogen (secondary N) is 1. The number of benzene rings is 2. The third-order valence-electron chi connectivity index (χ3n) is 3.59. The van der Waals surface area contributed by atoms with E-state index in [0.29, 0.717) is 27.8 Å². The monoisotopic (exact) mass is 377 g/mol. The molecule has 0 aromatic heterocycles. The molecule has 0 heterocycles. The summed E-state index contributed by atoms with van der Waals surface area (Å²) in [4.78, 5) is 24.2. The molecule has 26 heavy (non-hydrogen) atoms. The van der Waals surface area contributed by atoms with Crippen LogP contribution >= 0.6 is 11.6 Å². The van der Waals surface area contributed by atoms with E-state index in [1.165, 1.54) is 21.1 Å². The van der Waals surface area contributed by atoms with Gasteiger partial charge in [0.05, 0.1) is 20.6 Å². The van der Waals surface area contributed by atoms with Gasteiger partial charge in [-0.05, 0) is 48.9 Å². The molecular formula is C19H20ClNO5. The Morgan fingerprint density at radius 2 is 1.69 bits per heavy atom. The Labute approximate surface area is 157 Å². The Morgan fingerprint density at radius 3 is 2.31 bits per heavy atom. The summed E-state index contributed by atoms with van der Waals surface area (Å²) in [5.41, 5.74) is 1.26. The van der Waals surface area contributed by atoms with Crippen LogP contribution in [0, 0.1) is 0 Å². The highest BCUT2D eigenvalue weighted by atomic mass is 35.5. The first-order valence-corrected chi connectivity index (χ1v) is 8.27. The molecule has 0 bridgehead atoms. The van der Waals surface area contributed by atoms with E-state index in [9.17, 15) is 9.59 Å². The van der Waals surface area contributed by atoms with E-state index in [4.69, 9.17) is 25.8 Å². The molecule has 1 atom stereocenters. The number of halogens is 1. The summed E-state index contributed by atoms with van der Waals surface area (Å²) in [6.45, 7) is 1.51. The molecule has 0 aliphatic carbocycles. The second-order valence-electron chi connectivity index (χ2n) is 5.49. The van der Waals surface area contributed by atoms with Crippen LogP contribution < -0.4 is 14.8 Å². The third-order valence-corrected chi connectivity index (χ3v) is 3.84. The predicted octanol–water partition coefficient (Wildman–Crippen LogP) is 3.47. The normalized spacial score (nSPS) is 11.4. The summed E-state index contributed by atoms with van der Waals surface area (Å²) >= 11 is 5.80. The van der Waals surface area contributed by atoms with Gasteiger partial charge in [-0.2, -0.15) is 0 Å². The van der Waals surface area contributed by atoms with Gasteiger partial charge >= 0.3 is 5.97 Å². The Balaban J connectivity index is 1.92. The van der Waals surface area contributed by atoms with Gasteiger partial charge in [0, 0.05) is 10.7 Å². The fraction of sp³-hybridized carbons (Fsp3) is 0.263. The Morgan fingerprint density at radius 1 is 1.04 bits per heavy atom. The summed E-state index contributed by atoms with van der Waals surface area (Å²) in [5, 5.41) is 3.23. The zero-order valence-corrected chi connectivity index (χ0v) is 15.5. The van der Waals surface area contributed by atoms with Crippen LogP contribution in [0.4, 0.5) is 5.69 Å². The molecule has 1 amide bonds. The lowest BCUT2D eigenvalue weighted by atomic mass is 10.1. The van der Waals surface area contributed by atoms with Gasteiger partial charge in [-0.3, -0.25) is 9.59 Å². The fourth-order valence-electron chi connectivity index (χ4n) is 2.23. The number of rotatable bonds is 7. The molecule has 0 saturated heterocycles. The highest BCUT2D eigenvalue weighted by molar-refractivity contribution is 6.30. The summed E-state index contributed by atoms with van der Waals surface area (Å²) in [5.74, 6) is 0.149.